The van der Waals surface area contributed by atoms with E-state index in [-0.39, 0.29) is 70.3 Å². The summed E-state index contributed by atoms with van der Waals surface area (Å²) in [4.78, 5) is 74.5. The SMILES string of the molecule is [3H]CCOC[C@@H]1O[C@@H](O[C@@H]2CCCC(NC(=O)c3cc(=O)[nH]c(=O)[nH]3)[C@H]2O[C@@H]2OC(C)[C@@H](C)[C@H](OCc3ccccc3)C2OCc2ccccc2)C(NC(=O)CN=[N+]=[N-])C(O[C@@H](CC2CCCCC2)C(=O)OCc2ccccc2)[C@H]1O. The number of aliphatic hydroxyl groups is 1. The second kappa shape index (κ2) is 30.0. The highest BCUT2D eigenvalue weighted by atomic mass is 16.7. The number of ether oxygens (including phenoxy) is 9. The maximum atomic E-state index is 14.4. The van der Waals surface area contributed by atoms with Crippen molar-refractivity contribution in [2.45, 2.75) is 178 Å². The van der Waals surface area contributed by atoms with Crippen LogP contribution in [-0.4, -0.2) is 132 Å². The Bertz CT molecular complexity index is 2740. The first kappa shape index (κ1) is 58.4. The summed E-state index contributed by atoms with van der Waals surface area (Å²) < 4.78 is 67.4. The van der Waals surface area contributed by atoms with Crippen molar-refractivity contribution in [1.29, 1.82) is 0 Å². The number of aromatic amines is 2. The van der Waals surface area contributed by atoms with E-state index < -0.39 is 115 Å². The second-order valence-corrected chi connectivity index (χ2v) is 20.9. The molecule has 0 radical (unpaired) electrons. The number of amides is 2. The smallest absolute Gasteiger partial charge is 0.335 e. The Hall–Kier alpha value is -6.30. The van der Waals surface area contributed by atoms with Crippen molar-refractivity contribution in [1.82, 2.24) is 20.6 Å². The molecular weight excluding hydrogens is 1030 g/mol. The van der Waals surface area contributed by atoms with Crippen LogP contribution in [0.25, 0.3) is 10.4 Å². The molecule has 5 unspecified atom stereocenters. The summed E-state index contributed by atoms with van der Waals surface area (Å²) in [6.07, 6.45) is -6.61. The number of aromatic nitrogens is 2. The minimum absolute atomic E-state index is 0.0213. The van der Waals surface area contributed by atoms with E-state index in [1.54, 1.807) is 0 Å². The van der Waals surface area contributed by atoms with E-state index in [1.807, 2.05) is 105 Å². The van der Waals surface area contributed by atoms with E-state index in [0.717, 1.165) is 54.9 Å². The van der Waals surface area contributed by atoms with Crippen molar-refractivity contribution in [2.24, 2.45) is 17.0 Å². The fourth-order valence-electron chi connectivity index (χ4n) is 10.9. The van der Waals surface area contributed by atoms with Crippen LogP contribution in [0.5, 0.6) is 0 Å². The molecule has 4 aliphatic rings. The second-order valence-electron chi connectivity index (χ2n) is 20.9. The molecule has 8 rings (SSSR count). The Morgan fingerprint density at radius 1 is 0.787 bits per heavy atom. The standard InChI is InChI=1S/C58H75N7O15/c1-4-72-34-45-49(68)52(77-44(28-37-18-9-5-10-19-37)55(70)75-33-40-24-15-8-16-25-40)48(63-47(67)30-60-65-59)56(79-45)78-43-27-17-26-41(61-54(69)42-29-46(66)64-58(71)62-42)51(43)80-57-53(74-32-39-22-13-7-14-23-39)50(35(2)36(3)76-57)73-31-38-20-11-6-12-21-38/h6-8,11-16,20-25,29,35-37,41,43-45,48-53,56-57,68H,4-5,9-10,17-19,26-28,30-34H2,1-3H3,(H,61,69)(H,63,67)(H2,62,64,66,71)/t35-,36?,41?,43-,44+,45+,48?,49+,50+,51-,52?,53?,56-,57+/m1/s1/i1T. The first-order valence-electron chi connectivity index (χ1n) is 28.4. The number of carbonyl (C=O) groups excluding carboxylic acids is 3. The van der Waals surface area contributed by atoms with Crippen LogP contribution < -0.4 is 21.9 Å². The molecule has 2 saturated heterocycles. The third kappa shape index (κ3) is 16.7. The molecule has 80 heavy (non-hydrogen) atoms. The van der Waals surface area contributed by atoms with Gasteiger partial charge in [-0.2, -0.15) is 0 Å². The van der Waals surface area contributed by atoms with Gasteiger partial charge in [-0.25, -0.2) is 9.59 Å². The topological polar surface area (TPSA) is 293 Å². The molecule has 2 amide bonds. The molecule has 3 aromatic carbocycles. The highest BCUT2D eigenvalue weighted by Crippen LogP contribution is 2.38. The average Bonchev–Trinajstić information content (AvgIpc) is 3.68. The fraction of sp³-hybridized carbons (Fsp3) is 0.569. The number of azide groups is 1. The van der Waals surface area contributed by atoms with Gasteiger partial charge in [0.25, 0.3) is 11.5 Å². The lowest BCUT2D eigenvalue weighted by molar-refractivity contribution is -0.338. The number of carbonyl (C=O) groups is 3. The Kier molecular flexibility index (Phi) is 21.9. The van der Waals surface area contributed by atoms with Crippen LogP contribution >= 0.6 is 0 Å². The molecular formula is C58H75N7O15. The van der Waals surface area contributed by atoms with Crippen molar-refractivity contribution in [3.05, 3.63) is 151 Å². The number of benzene rings is 3. The van der Waals surface area contributed by atoms with E-state index in [4.69, 9.17) is 44.0 Å². The zero-order valence-electron chi connectivity index (χ0n) is 46.2. The average molecular weight is 1110 g/mol. The van der Waals surface area contributed by atoms with E-state index >= 15 is 0 Å². The van der Waals surface area contributed by atoms with Gasteiger partial charge in [0.2, 0.25) is 5.91 Å². The Morgan fingerprint density at radius 3 is 2.10 bits per heavy atom. The Morgan fingerprint density at radius 2 is 1.45 bits per heavy atom. The van der Waals surface area contributed by atoms with Crippen LogP contribution in [0, 0.1) is 11.8 Å². The predicted molar refractivity (Wildman–Crippen MR) is 289 cm³/mol. The minimum atomic E-state index is -1.59. The van der Waals surface area contributed by atoms with Crippen molar-refractivity contribution in [3.8, 4) is 0 Å². The molecule has 2 aliphatic carbocycles. The summed E-state index contributed by atoms with van der Waals surface area (Å²) in [6.45, 7) is 3.18. The van der Waals surface area contributed by atoms with E-state index in [9.17, 15) is 34.6 Å². The van der Waals surface area contributed by atoms with Gasteiger partial charge in [-0.3, -0.25) is 19.4 Å². The van der Waals surface area contributed by atoms with Crippen LogP contribution in [0.4, 0.5) is 0 Å². The predicted octanol–water partition coefficient (Wildman–Crippen LogP) is 6.05. The van der Waals surface area contributed by atoms with Gasteiger partial charge in [-0.1, -0.05) is 135 Å². The summed E-state index contributed by atoms with van der Waals surface area (Å²) in [6, 6.07) is 27.0. The van der Waals surface area contributed by atoms with Gasteiger partial charge in [0.15, 0.2) is 18.7 Å². The normalized spacial score (nSPS) is 28.6. The number of rotatable bonds is 25. The number of esters is 1. The molecule has 3 heterocycles. The molecule has 1 aromatic heterocycles. The molecule has 22 nitrogen and oxygen atoms in total. The fourth-order valence-corrected chi connectivity index (χ4v) is 10.9. The van der Waals surface area contributed by atoms with Gasteiger partial charge in [0.1, 0.15) is 55.4 Å². The van der Waals surface area contributed by atoms with Gasteiger partial charge >= 0.3 is 11.7 Å². The summed E-state index contributed by atoms with van der Waals surface area (Å²) in [5, 5.41) is 21.6. The lowest BCUT2D eigenvalue weighted by atomic mass is 9.85. The van der Waals surface area contributed by atoms with E-state index in [0.29, 0.717) is 12.8 Å². The monoisotopic (exact) mass is 1110 g/mol. The quantitative estimate of drug-likeness (QED) is 0.0166. The van der Waals surface area contributed by atoms with Gasteiger partial charge < -0.3 is 63.4 Å². The first-order valence-corrected chi connectivity index (χ1v) is 27.7. The minimum Gasteiger partial charge on any atom is -0.459 e. The van der Waals surface area contributed by atoms with Crippen molar-refractivity contribution < 1.29 is 63.5 Å². The highest BCUT2D eigenvalue weighted by Gasteiger charge is 2.53. The van der Waals surface area contributed by atoms with E-state index in [2.05, 4.69) is 30.6 Å². The largest absolute Gasteiger partial charge is 0.459 e. The van der Waals surface area contributed by atoms with Crippen LogP contribution in [0.15, 0.2) is 112 Å². The van der Waals surface area contributed by atoms with E-state index in [1.165, 1.54) is 0 Å². The lowest BCUT2D eigenvalue weighted by Crippen LogP contribution is -2.68. The van der Waals surface area contributed by atoms with Gasteiger partial charge in [0.05, 0.1) is 44.2 Å². The van der Waals surface area contributed by atoms with Crippen LogP contribution in [0.1, 0.15) is 107 Å². The van der Waals surface area contributed by atoms with Crippen molar-refractivity contribution >= 4 is 17.8 Å². The molecule has 5 N–H and O–H groups in total. The number of aliphatic hydroxyl groups excluding tert-OH is 1. The van der Waals surface area contributed by atoms with Gasteiger partial charge in [0, 0.05) is 24.9 Å². The zero-order valence-corrected chi connectivity index (χ0v) is 45.2. The summed E-state index contributed by atoms with van der Waals surface area (Å²) in [7, 11) is 0. The third-order valence-electron chi connectivity index (χ3n) is 15.2. The molecule has 4 fully saturated rings. The summed E-state index contributed by atoms with van der Waals surface area (Å²) in [5.41, 5.74) is 9.80. The van der Waals surface area contributed by atoms with Crippen LogP contribution in [0.2, 0.25) is 0 Å². The number of H-pyrrole nitrogens is 2. The molecule has 0 bridgehead atoms. The van der Waals surface area contributed by atoms with Crippen LogP contribution in [-0.2, 0) is 72.0 Å². The molecule has 2 aliphatic heterocycles. The molecule has 0 spiro atoms. The highest BCUT2D eigenvalue weighted by molar-refractivity contribution is 5.92. The number of hydrogen-bond acceptors (Lipinski definition) is 16. The summed E-state index contributed by atoms with van der Waals surface area (Å²) >= 11 is 0. The third-order valence-corrected chi connectivity index (χ3v) is 15.2. The Balaban J connectivity index is 1.17. The Labute approximate surface area is 465 Å². The number of hydrogen-bond donors (Lipinski definition) is 5. The van der Waals surface area contributed by atoms with Gasteiger partial charge in [-0.05, 0) is 67.6 Å². The van der Waals surface area contributed by atoms with Gasteiger partial charge in [-0.15, -0.1) is 0 Å². The molecule has 22 heteroatoms. The molecule has 432 valence electrons. The lowest BCUT2D eigenvalue weighted by Gasteiger charge is -2.49. The zero-order chi connectivity index (χ0) is 57.1. The summed E-state index contributed by atoms with van der Waals surface area (Å²) in [5.74, 6) is -2.43. The van der Waals surface area contributed by atoms with Crippen LogP contribution in [0.3, 0.4) is 0 Å². The number of nitrogens with zero attached hydrogens (tertiary/aromatic N) is 3. The van der Waals surface area contributed by atoms with Crippen molar-refractivity contribution in [3.63, 3.8) is 0 Å². The maximum Gasteiger partial charge on any atom is 0.335 e. The first-order chi connectivity index (χ1) is 39.4. The maximum absolute atomic E-state index is 14.4. The molecule has 2 saturated carbocycles. The van der Waals surface area contributed by atoms with Crippen molar-refractivity contribution in [2.75, 3.05) is 19.8 Å². The molecule has 4 aromatic rings. The molecule has 14 atom stereocenters. The number of nitrogens with one attached hydrogen (secondary N) is 4.